The van der Waals surface area contributed by atoms with Gasteiger partial charge in [-0.3, -0.25) is 4.79 Å². The Hall–Kier alpha value is -1.60. The van der Waals surface area contributed by atoms with Crippen LogP contribution in [0.1, 0.15) is 6.42 Å². The minimum absolute atomic E-state index is 0.0836. The van der Waals surface area contributed by atoms with E-state index in [1.54, 1.807) is 28.8 Å². The maximum atomic E-state index is 12.4. The van der Waals surface area contributed by atoms with Crippen molar-refractivity contribution in [3.8, 4) is 0 Å². The Kier molecular flexibility index (Phi) is 3.62. The highest BCUT2D eigenvalue weighted by Crippen LogP contribution is 2.32. The van der Waals surface area contributed by atoms with Gasteiger partial charge < -0.3 is 4.90 Å². The van der Waals surface area contributed by atoms with Crippen LogP contribution in [0.2, 0.25) is 5.02 Å². The average Bonchev–Trinajstić information content (AvgIpc) is 3.00. The first-order chi connectivity index (χ1) is 9.65. The van der Waals surface area contributed by atoms with Gasteiger partial charge >= 0.3 is 0 Å². The maximum absolute atomic E-state index is 12.4. The van der Waals surface area contributed by atoms with E-state index in [1.165, 1.54) is 11.8 Å². The number of amides is 1. The van der Waals surface area contributed by atoms with Gasteiger partial charge in [-0.2, -0.15) is 0 Å². The zero-order valence-electron chi connectivity index (χ0n) is 10.7. The second-order valence-electron chi connectivity index (χ2n) is 4.45. The number of nitrogens with zero attached hydrogens (tertiary/aromatic N) is 5. The molecule has 2 heterocycles. The van der Waals surface area contributed by atoms with Crippen LogP contribution >= 0.6 is 23.4 Å². The Balaban J connectivity index is 1.74. The summed E-state index contributed by atoms with van der Waals surface area (Å²) in [6, 6.07) is 7.29. The van der Waals surface area contributed by atoms with E-state index in [0.29, 0.717) is 16.7 Å². The molecule has 1 amide bonds. The number of halogens is 1. The lowest BCUT2D eigenvalue weighted by atomic mass is 10.3. The maximum Gasteiger partial charge on any atom is 0.240 e. The molecule has 0 radical (unpaired) electrons. The van der Waals surface area contributed by atoms with E-state index in [4.69, 9.17) is 11.6 Å². The zero-order chi connectivity index (χ0) is 14.1. The van der Waals surface area contributed by atoms with Gasteiger partial charge in [-0.25, -0.2) is 4.68 Å². The van der Waals surface area contributed by atoms with E-state index in [2.05, 4.69) is 15.5 Å². The highest BCUT2D eigenvalue weighted by molar-refractivity contribution is 8.00. The number of rotatable bonds is 3. The minimum atomic E-state index is -0.143. The third kappa shape index (κ3) is 2.51. The van der Waals surface area contributed by atoms with E-state index in [0.717, 1.165) is 12.1 Å². The molecule has 1 unspecified atom stereocenters. The van der Waals surface area contributed by atoms with Gasteiger partial charge in [0.05, 0.1) is 5.25 Å². The molecule has 1 aromatic carbocycles. The number of hydrogen-bond acceptors (Lipinski definition) is 5. The van der Waals surface area contributed by atoms with Crippen molar-refractivity contribution >= 4 is 35.0 Å². The van der Waals surface area contributed by atoms with Gasteiger partial charge in [-0.15, -0.1) is 5.10 Å². The van der Waals surface area contributed by atoms with E-state index < -0.39 is 0 Å². The molecule has 0 spiro atoms. The molecule has 6 nitrogen and oxygen atoms in total. The van der Waals surface area contributed by atoms with Crippen molar-refractivity contribution in [1.29, 1.82) is 0 Å². The van der Waals surface area contributed by atoms with Crippen molar-refractivity contribution in [3.05, 3.63) is 29.3 Å². The fraction of sp³-hybridized carbons (Fsp3) is 0.333. The van der Waals surface area contributed by atoms with E-state index in [-0.39, 0.29) is 11.2 Å². The van der Waals surface area contributed by atoms with Crippen LogP contribution in [0.3, 0.4) is 0 Å². The van der Waals surface area contributed by atoms with Crippen LogP contribution in [0.15, 0.2) is 29.4 Å². The Morgan fingerprint density at radius 1 is 1.35 bits per heavy atom. The number of hydrogen-bond donors (Lipinski definition) is 0. The topological polar surface area (TPSA) is 63.9 Å². The zero-order valence-corrected chi connectivity index (χ0v) is 12.3. The van der Waals surface area contributed by atoms with E-state index in [1.807, 2.05) is 12.1 Å². The van der Waals surface area contributed by atoms with Crippen molar-refractivity contribution < 1.29 is 4.79 Å². The van der Waals surface area contributed by atoms with Crippen LogP contribution in [0, 0.1) is 0 Å². The Labute approximate surface area is 125 Å². The molecule has 0 saturated carbocycles. The first kappa shape index (κ1) is 13.4. The van der Waals surface area contributed by atoms with Crippen LogP contribution < -0.4 is 4.90 Å². The lowest BCUT2D eigenvalue weighted by molar-refractivity contribution is -0.116. The van der Waals surface area contributed by atoms with E-state index >= 15 is 0 Å². The number of benzene rings is 1. The van der Waals surface area contributed by atoms with Gasteiger partial charge in [0, 0.05) is 24.3 Å². The molecule has 1 aliphatic heterocycles. The molecule has 2 aromatic rings. The molecule has 1 atom stereocenters. The van der Waals surface area contributed by atoms with Gasteiger partial charge in [0.2, 0.25) is 11.1 Å². The van der Waals surface area contributed by atoms with Crippen molar-refractivity contribution in [2.24, 2.45) is 7.05 Å². The van der Waals surface area contributed by atoms with Gasteiger partial charge in [0.25, 0.3) is 0 Å². The summed E-state index contributed by atoms with van der Waals surface area (Å²) in [6.45, 7) is 0.698. The fourth-order valence-electron chi connectivity index (χ4n) is 2.09. The van der Waals surface area contributed by atoms with E-state index in [9.17, 15) is 4.79 Å². The predicted octanol–water partition coefficient (Wildman–Crippen LogP) is 1.76. The van der Waals surface area contributed by atoms with Crippen LogP contribution in [0.25, 0.3) is 0 Å². The van der Waals surface area contributed by atoms with Gasteiger partial charge in [-0.1, -0.05) is 23.4 Å². The molecule has 0 aliphatic carbocycles. The molecule has 1 fully saturated rings. The van der Waals surface area contributed by atoms with Crippen molar-refractivity contribution in [2.75, 3.05) is 11.4 Å². The van der Waals surface area contributed by atoms with Gasteiger partial charge in [0.1, 0.15) is 0 Å². The predicted molar refractivity (Wildman–Crippen MR) is 76.9 cm³/mol. The second kappa shape index (κ2) is 5.41. The number of carbonyl (C=O) groups excluding carboxylic acids is 1. The molecule has 0 N–H and O–H groups in total. The first-order valence-corrected chi connectivity index (χ1v) is 7.37. The molecular weight excluding hydrogens is 298 g/mol. The summed E-state index contributed by atoms with van der Waals surface area (Å²) in [4.78, 5) is 14.2. The number of aromatic nitrogens is 4. The minimum Gasteiger partial charge on any atom is -0.311 e. The summed E-state index contributed by atoms with van der Waals surface area (Å²) >= 11 is 7.27. The Bertz CT molecular complexity index is 629. The van der Waals surface area contributed by atoms with Crippen molar-refractivity contribution in [2.45, 2.75) is 16.8 Å². The standard InChI is InChI=1S/C12H12ClN5OS/c1-17-12(14-15-16-17)20-10-6-7-18(11(10)19)9-4-2-8(13)3-5-9/h2-5,10H,6-7H2,1H3. The Morgan fingerprint density at radius 3 is 2.75 bits per heavy atom. The third-order valence-corrected chi connectivity index (χ3v) is 4.65. The molecule has 8 heteroatoms. The molecule has 1 aliphatic rings. The third-order valence-electron chi connectivity index (χ3n) is 3.12. The molecule has 1 saturated heterocycles. The number of thioether (sulfide) groups is 1. The molecule has 0 bridgehead atoms. The largest absolute Gasteiger partial charge is 0.311 e. The molecule has 20 heavy (non-hydrogen) atoms. The normalized spacial score (nSPS) is 18.8. The highest BCUT2D eigenvalue weighted by atomic mass is 35.5. The molecule has 104 valence electrons. The molecule has 1 aromatic heterocycles. The van der Waals surface area contributed by atoms with Gasteiger partial charge in [-0.05, 0) is 41.1 Å². The number of aryl methyl sites for hydroxylation is 1. The summed E-state index contributed by atoms with van der Waals surface area (Å²) in [5.74, 6) is 0.0836. The Morgan fingerprint density at radius 2 is 2.10 bits per heavy atom. The summed E-state index contributed by atoms with van der Waals surface area (Å²) in [6.07, 6.45) is 0.777. The monoisotopic (exact) mass is 309 g/mol. The van der Waals surface area contributed by atoms with Gasteiger partial charge in [0.15, 0.2) is 0 Å². The number of anilines is 1. The van der Waals surface area contributed by atoms with Crippen molar-refractivity contribution in [3.63, 3.8) is 0 Å². The lowest BCUT2D eigenvalue weighted by Gasteiger charge is -2.16. The number of carbonyl (C=O) groups is 1. The summed E-state index contributed by atoms with van der Waals surface area (Å²) in [5, 5.41) is 12.4. The first-order valence-electron chi connectivity index (χ1n) is 6.11. The lowest BCUT2D eigenvalue weighted by Crippen LogP contribution is -2.28. The van der Waals surface area contributed by atoms with Crippen molar-refractivity contribution in [1.82, 2.24) is 20.2 Å². The quantitative estimate of drug-likeness (QED) is 0.864. The smallest absolute Gasteiger partial charge is 0.240 e. The van der Waals surface area contributed by atoms with Crippen LogP contribution in [0.4, 0.5) is 5.69 Å². The highest BCUT2D eigenvalue weighted by Gasteiger charge is 2.34. The number of tetrazole rings is 1. The van der Waals surface area contributed by atoms with Crippen LogP contribution in [0.5, 0.6) is 0 Å². The molecule has 3 rings (SSSR count). The fourth-order valence-corrected chi connectivity index (χ4v) is 3.19. The average molecular weight is 310 g/mol. The summed E-state index contributed by atoms with van der Waals surface area (Å²) < 4.78 is 1.57. The SMILES string of the molecule is Cn1nnnc1SC1CCN(c2ccc(Cl)cc2)C1=O. The summed E-state index contributed by atoms with van der Waals surface area (Å²) in [7, 11) is 1.76. The summed E-state index contributed by atoms with van der Waals surface area (Å²) in [5.41, 5.74) is 0.874. The van der Waals surface area contributed by atoms with Crippen LogP contribution in [-0.4, -0.2) is 37.9 Å². The van der Waals surface area contributed by atoms with Crippen LogP contribution in [-0.2, 0) is 11.8 Å². The second-order valence-corrected chi connectivity index (χ2v) is 6.05. The molecular formula is C12H12ClN5OS.